The van der Waals surface area contributed by atoms with E-state index in [0.717, 1.165) is 12.2 Å². The van der Waals surface area contributed by atoms with Crippen molar-refractivity contribution in [3.05, 3.63) is 36.3 Å². The molecule has 3 heteroatoms. The van der Waals surface area contributed by atoms with Gasteiger partial charge in [0.1, 0.15) is 18.1 Å². The average Bonchev–Trinajstić information content (AvgIpc) is 2.58. The molecule has 0 N–H and O–H groups in total. The first-order chi connectivity index (χ1) is 6.83. The van der Waals surface area contributed by atoms with E-state index in [4.69, 9.17) is 4.74 Å². The van der Waals surface area contributed by atoms with Crippen LogP contribution in [0.25, 0.3) is 0 Å². The van der Waals surface area contributed by atoms with Crippen molar-refractivity contribution in [3.8, 4) is 0 Å². The number of aliphatic imine (C=N–C) groups is 1. The standard InChI is InChI=1S/C11H9NO2/c13-8-3-1-4-11-5-2-6-14-9(11)7-12-10(8)11/h1-3,5,7H,4,6H2. The molecule has 0 amide bonds. The lowest BCUT2D eigenvalue weighted by Crippen LogP contribution is -2.38. The minimum atomic E-state index is -0.371. The van der Waals surface area contributed by atoms with Gasteiger partial charge in [0.25, 0.3) is 0 Å². The minimum Gasteiger partial charge on any atom is -0.491 e. The maximum absolute atomic E-state index is 11.6. The predicted molar refractivity (Wildman–Crippen MR) is 51.8 cm³/mol. The third-order valence-electron chi connectivity index (χ3n) is 2.85. The third-order valence-corrected chi connectivity index (χ3v) is 2.85. The number of hydrogen-bond acceptors (Lipinski definition) is 3. The van der Waals surface area contributed by atoms with Crippen molar-refractivity contribution < 1.29 is 9.53 Å². The van der Waals surface area contributed by atoms with Crippen LogP contribution in [0.1, 0.15) is 6.42 Å². The molecule has 2 aliphatic heterocycles. The largest absolute Gasteiger partial charge is 0.491 e. The highest BCUT2D eigenvalue weighted by atomic mass is 16.5. The van der Waals surface area contributed by atoms with Crippen LogP contribution in [0.3, 0.4) is 0 Å². The van der Waals surface area contributed by atoms with Crippen LogP contribution in [0.15, 0.2) is 41.3 Å². The first kappa shape index (κ1) is 7.74. The highest BCUT2D eigenvalue weighted by Crippen LogP contribution is 2.44. The van der Waals surface area contributed by atoms with E-state index < -0.39 is 0 Å². The Balaban J connectivity index is 2.18. The molecule has 0 bridgehead atoms. The molecule has 1 spiro atoms. The maximum atomic E-state index is 11.6. The molecule has 0 aromatic carbocycles. The van der Waals surface area contributed by atoms with E-state index in [1.54, 1.807) is 12.3 Å². The maximum Gasteiger partial charge on any atom is 0.201 e. The van der Waals surface area contributed by atoms with Gasteiger partial charge in [0.2, 0.25) is 5.78 Å². The molecular weight excluding hydrogens is 178 g/mol. The summed E-state index contributed by atoms with van der Waals surface area (Å²) in [6.45, 7) is 0.578. The molecule has 0 saturated heterocycles. The molecule has 0 saturated carbocycles. The molecule has 3 rings (SSSR count). The van der Waals surface area contributed by atoms with E-state index in [-0.39, 0.29) is 11.2 Å². The Kier molecular flexibility index (Phi) is 1.35. The molecule has 3 aliphatic rings. The van der Waals surface area contributed by atoms with Gasteiger partial charge in [-0.1, -0.05) is 12.2 Å². The summed E-state index contributed by atoms with van der Waals surface area (Å²) in [7, 11) is 0. The predicted octanol–water partition coefficient (Wildman–Crippen LogP) is 1.38. The minimum absolute atomic E-state index is 0.00218. The van der Waals surface area contributed by atoms with Gasteiger partial charge in [-0.25, -0.2) is 0 Å². The zero-order chi connectivity index (χ0) is 9.60. The van der Waals surface area contributed by atoms with E-state index in [0.29, 0.717) is 12.3 Å². The van der Waals surface area contributed by atoms with Gasteiger partial charge in [0.15, 0.2) is 0 Å². The van der Waals surface area contributed by atoms with Crippen molar-refractivity contribution in [2.24, 2.45) is 10.4 Å². The van der Waals surface area contributed by atoms with Crippen molar-refractivity contribution in [2.75, 3.05) is 6.61 Å². The number of carbonyl (C=O) groups excluding carboxylic acids is 1. The number of hydrogen-bond donors (Lipinski definition) is 0. The fourth-order valence-electron chi connectivity index (χ4n) is 2.16. The fraction of sp³-hybridized carbons (Fsp3) is 0.273. The van der Waals surface area contributed by atoms with Crippen LogP contribution < -0.4 is 0 Å². The molecule has 0 radical (unpaired) electrons. The molecule has 3 nitrogen and oxygen atoms in total. The molecule has 14 heavy (non-hydrogen) atoms. The number of allylic oxidation sites excluding steroid dienone is 3. The molecule has 70 valence electrons. The van der Waals surface area contributed by atoms with Gasteiger partial charge in [-0.15, -0.1) is 0 Å². The van der Waals surface area contributed by atoms with Crippen LogP contribution in [0.4, 0.5) is 0 Å². The summed E-state index contributed by atoms with van der Waals surface area (Å²) >= 11 is 0. The highest BCUT2D eigenvalue weighted by molar-refractivity contribution is 6.48. The summed E-state index contributed by atoms with van der Waals surface area (Å²) in [5.74, 6) is 0.811. The Morgan fingerprint density at radius 2 is 2.36 bits per heavy atom. The highest BCUT2D eigenvalue weighted by Gasteiger charge is 2.46. The van der Waals surface area contributed by atoms with Crippen molar-refractivity contribution in [2.45, 2.75) is 6.42 Å². The summed E-state index contributed by atoms with van der Waals surface area (Å²) in [5.41, 5.74) is 0.232. The second-order valence-electron chi connectivity index (χ2n) is 3.63. The molecule has 0 aromatic heterocycles. The van der Waals surface area contributed by atoms with E-state index in [1.165, 1.54) is 0 Å². The smallest absolute Gasteiger partial charge is 0.201 e. The zero-order valence-electron chi connectivity index (χ0n) is 7.56. The number of ketones is 1. The summed E-state index contributed by atoms with van der Waals surface area (Å²) in [6, 6.07) is 0. The Morgan fingerprint density at radius 1 is 1.43 bits per heavy atom. The van der Waals surface area contributed by atoms with E-state index in [1.807, 2.05) is 18.2 Å². The van der Waals surface area contributed by atoms with Gasteiger partial charge in [-0.05, 0) is 18.6 Å². The van der Waals surface area contributed by atoms with Crippen LogP contribution in [0, 0.1) is 5.41 Å². The summed E-state index contributed by atoms with van der Waals surface area (Å²) < 4.78 is 5.48. The first-order valence-electron chi connectivity index (χ1n) is 4.63. The second kappa shape index (κ2) is 2.44. The van der Waals surface area contributed by atoms with Gasteiger partial charge in [0, 0.05) is 0 Å². The molecule has 1 atom stereocenters. The number of carbonyl (C=O) groups is 1. The molecule has 0 fully saturated rings. The lowest BCUT2D eigenvalue weighted by Gasteiger charge is -2.32. The molecule has 1 unspecified atom stereocenters. The van der Waals surface area contributed by atoms with Crippen LogP contribution in [0.2, 0.25) is 0 Å². The van der Waals surface area contributed by atoms with Crippen molar-refractivity contribution in [1.29, 1.82) is 0 Å². The van der Waals surface area contributed by atoms with Crippen LogP contribution >= 0.6 is 0 Å². The first-order valence-corrected chi connectivity index (χ1v) is 4.63. The monoisotopic (exact) mass is 187 g/mol. The molecule has 1 aliphatic carbocycles. The Morgan fingerprint density at radius 3 is 3.29 bits per heavy atom. The normalized spacial score (nSPS) is 33.0. The summed E-state index contributed by atoms with van der Waals surface area (Å²) in [4.78, 5) is 15.7. The van der Waals surface area contributed by atoms with Gasteiger partial charge in [-0.3, -0.25) is 9.79 Å². The lowest BCUT2D eigenvalue weighted by atomic mass is 9.73. The summed E-state index contributed by atoms with van der Waals surface area (Å²) in [5, 5.41) is 0. The molecule has 2 heterocycles. The van der Waals surface area contributed by atoms with Gasteiger partial charge in [-0.2, -0.15) is 0 Å². The quantitative estimate of drug-likeness (QED) is 0.537. The number of nitrogens with zero attached hydrogens (tertiary/aromatic N) is 1. The topological polar surface area (TPSA) is 38.7 Å². The molecule has 0 aromatic rings. The lowest BCUT2D eigenvalue weighted by molar-refractivity contribution is -0.109. The van der Waals surface area contributed by atoms with Crippen LogP contribution in [0.5, 0.6) is 0 Å². The van der Waals surface area contributed by atoms with Crippen molar-refractivity contribution >= 4 is 11.5 Å². The third kappa shape index (κ3) is 0.769. The number of rotatable bonds is 0. The average molecular weight is 187 g/mol. The Bertz CT molecular complexity index is 429. The Labute approximate surface area is 81.5 Å². The van der Waals surface area contributed by atoms with Crippen LogP contribution in [-0.2, 0) is 9.53 Å². The SMILES string of the molecule is O=C1C=CCC23C=CCOC2=CN=C13. The fourth-order valence-corrected chi connectivity index (χ4v) is 2.16. The van der Waals surface area contributed by atoms with Crippen molar-refractivity contribution in [3.63, 3.8) is 0 Å². The van der Waals surface area contributed by atoms with E-state index >= 15 is 0 Å². The van der Waals surface area contributed by atoms with Crippen molar-refractivity contribution in [1.82, 2.24) is 0 Å². The summed E-state index contributed by atoms with van der Waals surface area (Å²) in [6.07, 6.45) is 9.91. The van der Waals surface area contributed by atoms with E-state index in [2.05, 4.69) is 4.99 Å². The zero-order valence-corrected chi connectivity index (χ0v) is 7.56. The van der Waals surface area contributed by atoms with Gasteiger partial charge < -0.3 is 4.74 Å². The van der Waals surface area contributed by atoms with E-state index in [9.17, 15) is 4.79 Å². The second-order valence-corrected chi connectivity index (χ2v) is 3.63. The van der Waals surface area contributed by atoms with Gasteiger partial charge in [0.05, 0.1) is 11.6 Å². The van der Waals surface area contributed by atoms with Gasteiger partial charge >= 0.3 is 0 Å². The Hall–Kier alpha value is -1.64. The molecular formula is C11H9NO2. The number of ether oxygens (including phenoxy) is 1. The van der Waals surface area contributed by atoms with Crippen LogP contribution in [-0.4, -0.2) is 18.1 Å².